The van der Waals surface area contributed by atoms with Gasteiger partial charge in [-0.2, -0.15) is 5.26 Å². The molecule has 0 spiro atoms. The number of hydrogen-bond acceptors (Lipinski definition) is 3. The molecule has 4 rings (SSSR count). The minimum atomic E-state index is -0.210. The van der Waals surface area contributed by atoms with Crippen molar-refractivity contribution in [3.63, 3.8) is 0 Å². The summed E-state index contributed by atoms with van der Waals surface area (Å²) in [6.07, 6.45) is 10.8. The summed E-state index contributed by atoms with van der Waals surface area (Å²) in [5.41, 5.74) is 2.14. The lowest BCUT2D eigenvalue weighted by molar-refractivity contribution is 0.0910. The molecule has 28 heavy (non-hydrogen) atoms. The minimum Gasteiger partial charge on any atom is -0.326 e. The van der Waals surface area contributed by atoms with Gasteiger partial charge in [0.2, 0.25) is 0 Å². The molecule has 4 nitrogen and oxygen atoms in total. The standard InChI is InChI=1S/C23H29FN4/c1-18(19-6-8-21(24)9-7-19)28-17-26-14-22(28)15-27-12-10-23(16-25,11-13-27)20-4-2-3-5-20/h6-9,14,17-18,20H,2-5,10-13,15H2,1H3. The monoisotopic (exact) mass is 380 g/mol. The summed E-state index contributed by atoms with van der Waals surface area (Å²) in [6.45, 7) is 4.91. The Hall–Kier alpha value is -2.19. The molecule has 2 fully saturated rings. The molecule has 0 amide bonds. The van der Waals surface area contributed by atoms with E-state index in [-0.39, 0.29) is 17.3 Å². The number of nitrogens with zero attached hydrogens (tertiary/aromatic N) is 4. The lowest BCUT2D eigenvalue weighted by Crippen LogP contribution is -2.42. The topological polar surface area (TPSA) is 44.9 Å². The summed E-state index contributed by atoms with van der Waals surface area (Å²) in [4.78, 5) is 6.82. The van der Waals surface area contributed by atoms with Crippen molar-refractivity contribution in [3.8, 4) is 6.07 Å². The highest BCUT2D eigenvalue weighted by Gasteiger charge is 2.42. The van der Waals surface area contributed by atoms with Crippen LogP contribution in [0.3, 0.4) is 0 Å². The maximum Gasteiger partial charge on any atom is 0.123 e. The number of likely N-dealkylation sites (tertiary alicyclic amines) is 1. The van der Waals surface area contributed by atoms with E-state index < -0.39 is 0 Å². The second kappa shape index (κ2) is 8.05. The minimum absolute atomic E-state index is 0.103. The second-order valence-corrected chi connectivity index (χ2v) is 8.55. The van der Waals surface area contributed by atoms with Crippen LogP contribution in [-0.4, -0.2) is 27.5 Å². The molecule has 148 valence electrons. The molecule has 2 aliphatic rings. The van der Waals surface area contributed by atoms with Crippen LogP contribution < -0.4 is 0 Å². The molecule has 1 saturated heterocycles. The Morgan fingerprint density at radius 2 is 1.89 bits per heavy atom. The third-order valence-electron chi connectivity index (χ3n) is 7.01. The Morgan fingerprint density at radius 1 is 1.21 bits per heavy atom. The zero-order valence-electron chi connectivity index (χ0n) is 16.6. The average molecular weight is 381 g/mol. The van der Waals surface area contributed by atoms with Crippen LogP contribution in [0.2, 0.25) is 0 Å². The number of rotatable bonds is 5. The van der Waals surface area contributed by atoms with E-state index in [0.717, 1.165) is 38.0 Å². The molecule has 1 aliphatic carbocycles. The van der Waals surface area contributed by atoms with Crippen molar-refractivity contribution in [1.29, 1.82) is 5.26 Å². The molecule has 5 heteroatoms. The van der Waals surface area contributed by atoms with E-state index in [2.05, 4.69) is 27.4 Å². The van der Waals surface area contributed by atoms with Crippen molar-refractivity contribution in [3.05, 3.63) is 53.9 Å². The predicted octanol–water partition coefficient (Wildman–Crippen LogP) is 4.93. The third kappa shape index (κ3) is 3.71. The number of imidazole rings is 1. The first kappa shape index (κ1) is 19.1. The Kier molecular flexibility index (Phi) is 5.50. The van der Waals surface area contributed by atoms with Crippen molar-refractivity contribution in [1.82, 2.24) is 14.5 Å². The fourth-order valence-corrected chi connectivity index (χ4v) is 5.13. The van der Waals surface area contributed by atoms with E-state index in [9.17, 15) is 9.65 Å². The highest BCUT2D eigenvalue weighted by atomic mass is 19.1. The van der Waals surface area contributed by atoms with E-state index >= 15 is 0 Å². The molecular weight excluding hydrogens is 351 g/mol. The lowest BCUT2D eigenvalue weighted by Gasteiger charge is -2.41. The normalized spacial score (nSPS) is 21.5. The summed E-state index contributed by atoms with van der Waals surface area (Å²) < 4.78 is 15.4. The molecule has 1 aromatic carbocycles. The Bertz CT molecular complexity index is 821. The molecule has 1 aromatic heterocycles. The molecule has 2 heterocycles. The van der Waals surface area contributed by atoms with E-state index in [4.69, 9.17) is 0 Å². The average Bonchev–Trinajstić information content (AvgIpc) is 3.41. The van der Waals surface area contributed by atoms with Crippen LogP contribution >= 0.6 is 0 Å². The van der Waals surface area contributed by atoms with E-state index in [1.54, 1.807) is 0 Å². The highest BCUT2D eigenvalue weighted by molar-refractivity contribution is 5.21. The van der Waals surface area contributed by atoms with Crippen LogP contribution in [0, 0.1) is 28.5 Å². The molecule has 0 bridgehead atoms. The van der Waals surface area contributed by atoms with Gasteiger partial charge in [-0.1, -0.05) is 25.0 Å². The maximum absolute atomic E-state index is 13.2. The van der Waals surface area contributed by atoms with Gasteiger partial charge in [0.05, 0.1) is 29.5 Å². The van der Waals surface area contributed by atoms with Gasteiger partial charge in [-0.05, 0) is 56.2 Å². The predicted molar refractivity (Wildman–Crippen MR) is 107 cm³/mol. The molecule has 1 saturated carbocycles. The summed E-state index contributed by atoms with van der Waals surface area (Å²) in [5, 5.41) is 9.90. The maximum atomic E-state index is 13.2. The zero-order chi connectivity index (χ0) is 19.6. The van der Waals surface area contributed by atoms with Gasteiger partial charge in [-0.3, -0.25) is 4.90 Å². The summed E-state index contributed by atoms with van der Waals surface area (Å²) in [6, 6.07) is 9.53. The number of benzene rings is 1. The number of halogens is 1. The van der Waals surface area contributed by atoms with Crippen LogP contribution in [0.4, 0.5) is 4.39 Å². The SMILES string of the molecule is CC(c1ccc(F)cc1)n1cncc1CN1CCC(C#N)(C2CCCC2)CC1. The van der Waals surface area contributed by atoms with Gasteiger partial charge in [0.1, 0.15) is 5.82 Å². The van der Waals surface area contributed by atoms with Crippen LogP contribution in [0.1, 0.15) is 62.7 Å². The molecule has 0 radical (unpaired) electrons. The van der Waals surface area contributed by atoms with Crippen molar-refractivity contribution < 1.29 is 4.39 Å². The van der Waals surface area contributed by atoms with Gasteiger partial charge in [0, 0.05) is 25.8 Å². The molecule has 2 aromatic rings. The van der Waals surface area contributed by atoms with Gasteiger partial charge in [-0.25, -0.2) is 9.37 Å². The first-order valence-corrected chi connectivity index (χ1v) is 10.5. The van der Waals surface area contributed by atoms with E-state index in [0.29, 0.717) is 5.92 Å². The molecule has 1 unspecified atom stereocenters. The molecular formula is C23H29FN4. The summed E-state index contributed by atoms with van der Waals surface area (Å²) in [7, 11) is 0. The first-order valence-electron chi connectivity index (χ1n) is 10.5. The Balaban J connectivity index is 1.42. The van der Waals surface area contributed by atoms with Gasteiger partial charge < -0.3 is 4.57 Å². The smallest absolute Gasteiger partial charge is 0.123 e. The van der Waals surface area contributed by atoms with E-state index in [1.807, 2.05) is 24.7 Å². The van der Waals surface area contributed by atoms with Crippen molar-refractivity contribution in [2.24, 2.45) is 11.3 Å². The molecule has 0 N–H and O–H groups in total. The van der Waals surface area contributed by atoms with Crippen LogP contribution in [-0.2, 0) is 6.54 Å². The first-order chi connectivity index (χ1) is 13.6. The van der Waals surface area contributed by atoms with Crippen molar-refractivity contribution >= 4 is 0 Å². The number of hydrogen-bond donors (Lipinski definition) is 0. The largest absolute Gasteiger partial charge is 0.326 e. The fourth-order valence-electron chi connectivity index (χ4n) is 5.13. The van der Waals surface area contributed by atoms with Crippen LogP contribution in [0.15, 0.2) is 36.8 Å². The summed E-state index contributed by atoms with van der Waals surface area (Å²) >= 11 is 0. The fraction of sp³-hybridized carbons (Fsp3) is 0.565. The zero-order valence-corrected chi connectivity index (χ0v) is 16.6. The highest BCUT2D eigenvalue weighted by Crippen LogP contribution is 2.46. The van der Waals surface area contributed by atoms with Crippen molar-refractivity contribution in [2.75, 3.05) is 13.1 Å². The Morgan fingerprint density at radius 3 is 2.54 bits per heavy atom. The van der Waals surface area contributed by atoms with Gasteiger partial charge in [0.15, 0.2) is 0 Å². The van der Waals surface area contributed by atoms with Crippen LogP contribution in [0.5, 0.6) is 0 Å². The molecule has 1 aliphatic heterocycles. The number of nitriles is 1. The Labute approximate surface area is 167 Å². The van der Waals surface area contributed by atoms with Gasteiger partial charge >= 0.3 is 0 Å². The van der Waals surface area contributed by atoms with Gasteiger partial charge in [0.25, 0.3) is 0 Å². The number of piperidine rings is 1. The summed E-state index contributed by atoms with van der Waals surface area (Å²) in [5.74, 6) is 0.391. The number of aromatic nitrogens is 2. The third-order valence-corrected chi connectivity index (χ3v) is 7.01. The van der Waals surface area contributed by atoms with E-state index in [1.165, 1.54) is 43.5 Å². The van der Waals surface area contributed by atoms with Gasteiger partial charge in [-0.15, -0.1) is 0 Å². The molecule has 1 atom stereocenters. The second-order valence-electron chi connectivity index (χ2n) is 8.55. The van der Waals surface area contributed by atoms with Crippen LogP contribution in [0.25, 0.3) is 0 Å². The lowest BCUT2D eigenvalue weighted by atomic mass is 9.69. The quantitative estimate of drug-likeness (QED) is 0.739. The van der Waals surface area contributed by atoms with Crippen molar-refractivity contribution in [2.45, 2.75) is 58.0 Å².